The molecule has 2 heterocycles. The van der Waals surface area contributed by atoms with Gasteiger partial charge in [0.15, 0.2) is 9.84 Å². The first-order valence-electron chi connectivity index (χ1n) is 8.77. The number of sulfone groups is 1. The van der Waals surface area contributed by atoms with E-state index in [0.29, 0.717) is 40.7 Å². The Labute approximate surface area is 179 Å². The van der Waals surface area contributed by atoms with Gasteiger partial charge in [0.1, 0.15) is 5.82 Å². The van der Waals surface area contributed by atoms with Gasteiger partial charge in [-0.3, -0.25) is 14.5 Å². The molecule has 0 aliphatic carbocycles. The highest BCUT2D eigenvalue weighted by atomic mass is 79.9. The number of fused-ring (bicyclic) bond motifs is 1. The average Bonchev–Trinajstić information content (AvgIpc) is 2.93. The number of aromatic amines is 1. The number of hydrogen-bond donors (Lipinski definition) is 2. The van der Waals surface area contributed by atoms with E-state index in [1.54, 1.807) is 6.07 Å². The smallest absolute Gasteiger partial charge is 0.258 e. The minimum atomic E-state index is -3.04. The fraction of sp³-hybridized carbons (Fsp3) is 0.471. The number of carbonyl (C=O) groups excluding carboxylic acids is 1. The van der Waals surface area contributed by atoms with E-state index in [1.165, 1.54) is 0 Å². The maximum absolute atomic E-state index is 12.4. The number of hydrogen-bond acceptors (Lipinski definition) is 6. The minimum absolute atomic E-state index is 0.00595. The molecule has 1 aliphatic heterocycles. The van der Waals surface area contributed by atoms with Gasteiger partial charge in [-0.1, -0.05) is 22.9 Å². The molecule has 152 valence electrons. The van der Waals surface area contributed by atoms with Crippen LogP contribution >= 0.6 is 31.9 Å². The third kappa shape index (κ3) is 5.19. The van der Waals surface area contributed by atoms with Crippen LogP contribution < -0.4 is 10.9 Å². The molecule has 2 N–H and O–H groups in total. The second-order valence-electron chi connectivity index (χ2n) is 6.77. The number of nitrogens with one attached hydrogen (secondary N) is 2. The van der Waals surface area contributed by atoms with E-state index < -0.39 is 9.84 Å². The summed E-state index contributed by atoms with van der Waals surface area (Å²) in [5.74, 6) is 0.326. The predicted molar refractivity (Wildman–Crippen MR) is 114 cm³/mol. The Morgan fingerprint density at radius 2 is 2.14 bits per heavy atom. The highest BCUT2D eigenvalue weighted by Crippen LogP contribution is 2.25. The highest BCUT2D eigenvalue weighted by molar-refractivity contribution is 9.11. The lowest BCUT2D eigenvalue weighted by Gasteiger charge is -2.20. The first-order valence-corrected chi connectivity index (χ1v) is 12.2. The fourth-order valence-corrected chi connectivity index (χ4v) is 6.15. The number of rotatable bonds is 6. The van der Waals surface area contributed by atoms with Crippen LogP contribution in [0.2, 0.25) is 0 Å². The molecular weight excluding hydrogens is 516 g/mol. The van der Waals surface area contributed by atoms with E-state index in [0.717, 1.165) is 4.47 Å². The van der Waals surface area contributed by atoms with E-state index in [2.05, 4.69) is 47.1 Å². The lowest BCUT2D eigenvalue weighted by molar-refractivity contribution is -0.122. The number of H-pyrrole nitrogens is 1. The van der Waals surface area contributed by atoms with Gasteiger partial charge in [0, 0.05) is 15.0 Å². The maximum Gasteiger partial charge on any atom is 0.258 e. The van der Waals surface area contributed by atoms with Gasteiger partial charge in [-0.15, -0.1) is 0 Å². The molecule has 1 saturated heterocycles. The van der Waals surface area contributed by atoms with Gasteiger partial charge < -0.3 is 10.3 Å². The molecular formula is C17H20Br2N4O4S. The number of likely N-dealkylation sites (N-methyl/N-ethyl adjacent to an activating group) is 1. The summed E-state index contributed by atoms with van der Waals surface area (Å²) in [5.41, 5.74) is 0.303. The minimum Gasteiger partial charge on any atom is -0.351 e. The molecule has 0 bridgehead atoms. The molecule has 1 aromatic heterocycles. The summed E-state index contributed by atoms with van der Waals surface area (Å²) in [6.45, 7) is 2.86. The number of amides is 1. The van der Waals surface area contributed by atoms with Crippen molar-refractivity contribution >= 4 is 58.5 Å². The quantitative estimate of drug-likeness (QED) is 0.580. The summed E-state index contributed by atoms with van der Waals surface area (Å²) in [4.78, 5) is 33.8. The predicted octanol–water partition coefficient (Wildman–Crippen LogP) is 1.57. The third-order valence-electron chi connectivity index (χ3n) is 4.56. The van der Waals surface area contributed by atoms with Crippen molar-refractivity contribution in [2.45, 2.75) is 25.9 Å². The normalized spacial score (nSPS) is 18.6. The van der Waals surface area contributed by atoms with Crippen molar-refractivity contribution in [1.82, 2.24) is 20.2 Å². The van der Waals surface area contributed by atoms with Gasteiger partial charge in [-0.2, -0.15) is 0 Å². The van der Waals surface area contributed by atoms with Gasteiger partial charge in [-0.25, -0.2) is 13.4 Å². The summed E-state index contributed by atoms with van der Waals surface area (Å²) in [7, 11) is -3.04. The van der Waals surface area contributed by atoms with E-state index in [-0.39, 0.29) is 35.6 Å². The van der Waals surface area contributed by atoms with Crippen LogP contribution in [0.15, 0.2) is 25.9 Å². The molecule has 28 heavy (non-hydrogen) atoms. The van der Waals surface area contributed by atoms with Crippen LogP contribution in [0.25, 0.3) is 10.9 Å². The van der Waals surface area contributed by atoms with Crippen LogP contribution in [0, 0.1) is 0 Å². The standard InChI is InChI=1S/C17H20Br2N4O4S/c1-2-23(8-15(24)20-11-3-4-28(26,27)9-11)7-14-21-16-12(17(25)22-14)5-10(18)6-13(16)19/h5-6,11H,2-4,7-9H2,1H3,(H,20,24)(H,21,22,25)/t11-/m1/s1. The van der Waals surface area contributed by atoms with Crippen LogP contribution in [0.4, 0.5) is 0 Å². The topological polar surface area (TPSA) is 112 Å². The van der Waals surface area contributed by atoms with Crippen molar-refractivity contribution in [3.8, 4) is 0 Å². The largest absolute Gasteiger partial charge is 0.351 e. The molecule has 3 rings (SSSR count). The number of aromatic nitrogens is 2. The summed E-state index contributed by atoms with van der Waals surface area (Å²) in [6, 6.07) is 3.19. The Morgan fingerprint density at radius 3 is 2.79 bits per heavy atom. The molecule has 1 aliphatic rings. The Balaban J connectivity index is 1.70. The van der Waals surface area contributed by atoms with Crippen molar-refractivity contribution in [2.75, 3.05) is 24.6 Å². The van der Waals surface area contributed by atoms with Gasteiger partial charge in [0.05, 0.1) is 35.5 Å². The lowest BCUT2D eigenvalue weighted by Crippen LogP contribution is -2.42. The summed E-state index contributed by atoms with van der Waals surface area (Å²) < 4.78 is 24.5. The van der Waals surface area contributed by atoms with Crippen LogP contribution in [0.3, 0.4) is 0 Å². The molecule has 0 saturated carbocycles. The zero-order chi connectivity index (χ0) is 20.5. The number of nitrogens with zero attached hydrogens (tertiary/aromatic N) is 2. The number of carbonyl (C=O) groups is 1. The Kier molecular flexibility index (Phi) is 6.58. The Hall–Kier alpha value is -1.30. The van der Waals surface area contributed by atoms with E-state index in [4.69, 9.17) is 0 Å². The highest BCUT2D eigenvalue weighted by Gasteiger charge is 2.29. The van der Waals surface area contributed by atoms with E-state index in [9.17, 15) is 18.0 Å². The van der Waals surface area contributed by atoms with E-state index in [1.807, 2.05) is 17.9 Å². The Bertz CT molecular complexity index is 1070. The second-order valence-corrected chi connectivity index (χ2v) is 10.8. The van der Waals surface area contributed by atoms with Crippen LogP contribution in [-0.4, -0.2) is 59.8 Å². The average molecular weight is 536 g/mol. The first kappa shape index (κ1) is 21.4. The van der Waals surface area contributed by atoms with E-state index >= 15 is 0 Å². The van der Waals surface area contributed by atoms with Crippen molar-refractivity contribution in [2.24, 2.45) is 0 Å². The summed E-state index contributed by atoms with van der Waals surface area (Å²) in [5, 5.41) is 3.24. The molecule has 1 amide bonds. The van der Waals surface area contributed by atoms with Crippen LogP contribution in [-0.2, 0) is 21.2 Å². The van der Waals surface area contributed by atoms with Crippen molar-refractivity contribution in [3.05, 3.63) is 37.3 Å². The van der Waals surface area contributed by atoms with Gasteiger partial charge in [-0.05, 0) is 41.0 Å². The van der Waals surface area contributed by atoms with Crippen LogP contribution in [0.1, 0.15) is 19.2 Å². The monoisotopic (exact) mass is 534 g/mol. The molecule has 8 nitrogen and oxygen atoms in total. The number of halogens is 2. The van der Waals surface area contributed by atoms with Gasteiger partial charge in [0.2, 0.25) is 5.91 Å². The van der Waals surface area contributed by atoms with Crippen molar-refractivity contribution in [3.63, 3.8) is 0 Å². The molecule has 0 spiro atoms. The summed E-state index contributed by atoms with van der Waals surface area (Å²) >= 11 is 6.78. The first-order chi connectivity index (χ1) is 13.2. The molecule has 1 fully saturated rings. The van der Waals surface area contributed by atoms with Crippen LogP contribution in [0.5, 0.6) is 0 Å². The SMILES string of the molecule is CCN(CC(=O)N[C@@H]1CCS(=O)(=O)C1)Cc1nc2c(Br)cc(Br)cc2c(=O)[nH]1. The second kappa shape index (κ2) is 8.60. The zero-order valence-corrected chi connectivity index (χ0v) is 19.2. The van der Waals surface area contributed by atoms with Gasteiger partial charge in [0.25, 0.3) is 5.56 Å². The lowest BCUT2D eigenvalue weighted by atomic mass is 10.2. The molecule has 2 aromatic rings. The molecule has 1 aromatic carbocycles. The van der Waals surface area contributed by atoms with Gasteiger partial charge >= 0.3 is 0 Å². The molecule has 0 unspecified atom stereocenters. The molecule has 0 radical (unpaired) electrons. The summed E-state index contributed by atoms with van der Waals surface area (Å²) in [6.07, 6.45) is 0.448. The fourth-order valence-electron chi connectivity index (χ4n) is 3.17. The van der Waals surface area contributed by atoms with Crippen molar-refractivity contribution < 1.29 is 13.2 Å². The Morgan fingerprint density at radius 1 is 1.39 bits per heavy atom. The number of benzene rings is 1. The third-order valence-corrected chi connectivity index (χ3v) is 7.39. The molecule has 1 atom stereocenters. The zero-order valence-electron chi connectivity index (χ0n) is 15.2. The molecule has 11 heteroatoms. The van der Waals surface area contributed by atoms with Crippen molar-refractivity contribution in [1.29, 1.82) is 0 Å². The maximum atomic E-state index is 12.4.